The van der Waals surface area contributed by atoms with Crippen LogP contribution in [-0.2, 0) is 0 Å². The molecule has 0 aliphatic carbocycles. The second-order valence-electron chi connectivity index (χ2n) is 5.09. The monoisotopic (exact) mass is 284 g/mol. The van der Waals surface area contributed by atoms with Crippen molar-refractivity contribution in [1.82, 2.24) is 0 Å². The van der Waals surface area contributed by atoms with Gasteiger partial charge in [-0.2, -0.15) is 0 Å². The molecule has 2 aromatic carbocycles. The Kier molecular flexibility index (Phi) is 4.17. The van der Waals surface area contributed by atoms with Crippen molar-refractivity contribution in [3.63, 3.8) is 0 Å². The van der Waals surface area contributed by atoms with E-state index >= 15 is 0 Å². The van der Waals surface area contributed by atoms with Crippen LogP contribution < -0.4 is 10.6 Å². The zero-order valence-electron chi connectivity index (χ0n) is 12.6. The molecule has 4 heteroatoms. The topological polar surface area (TPSA) is 66.6 Å². The van der Waals surface area contributed by atoms with E-state index in [-0.39, 0.29) is 11.7 Å². The van der Waals surface area contributed by atoms with Gasteiger partial charge in [0.2, 0.25) is 0 Å². The Morgan fingerprint density at radius 1 is 1.14 bits per heavy atom. The molecular formula is C17H20N2O2. The molecule has 0 spiro atoms. The molecule has 0 saturated carbocycles. The molecule has 0 aliphatic rings. The van der Waals surface area contributed by atoms with Gasteiger partial charge in [0.05, 0.1) is 5.69 Å². The first-order chi connectivity index (χ1) is 9.93. The van der Waals surface area contributed by atoms with Crippen molar-refractivity contribution in [3.8, 4) is 5.75 Å². The lowest BCUT2D eigenvalue weighted by Crippen LogP contribution is -2.31. The number of rotatable bonds is 3. The third-order valence-electron chi connectivity index (χ3n) is 3.53. The molecule has 0 heterocycles. The fourth-order valence-electron chi connectivity index (χ4n) is 2.38. The Labute approximate surface area is 124 Å². The van der Waals surface area contributed by atoms with Crippen molar-refractivity contribution in [3.05, 3.63) is 53.1 Å². The molecule has 1 amide bonds. The van der Waals surface area contributed by atoms with Gasteiger partial charge in [0.25, 0.3) is 5.91 Å². The number of amides is 1. The molecular weight excluding hydrogens is 264 g/mol. The van der Waals surface area contributed by atoms with E-state index in [0.29, 0.717) is 17.8 Å². The summed E-state index contributed by atoms with van der Waals surface area (Å²) in [5.41, 5.74) is 9.50. The number of carbonyl (C=O) groups excluding carboxylic acids is 1. The van der Waals surface area contributed by atoms with Crippen molar-refractivity contribution in [2.45, 2.75) is 20.8 Å². The highest BCUT2D eigenvalue weighted by atomic mass is 16.3. The second kappa shape index (κ2) is 5.87. The summed E-state index contributed by atoms with van der Waals surface area (Å²) in [5, 5.41) is 9.67. The molecule has 2 aromatic rings. The lowest BCUT2D eigenvalue weighted by Gasteiger charge is -2.24. The van der Waals surface area contributed by atoms with Crippen LogP contribution in [0.4, 0.5) is 11.4 Å². The van der Waals surface area contributed by atoms with Gasteiger partial charge >= 0.3 is 0 Å². The molecule has 0 aromatic heterocycles. The Hall–Kier alpha value is -2.49. The largest absolute Gasteiger partial charge is 0.508 e. The van der Waals surface area contributed by atoms with Gasteiger partial charge in [-0.25, -0.2) is 0 Å². The fourth-order valence-corrected chi connectivity index (χ4v) is 2.38. The first-order valence-corrected chi connectivity index (χ1v) is 6.91. The van der Waals surface area contributed by atoms with Crippen LogP contribution in [0.15, 0.2) is 36.4 Å². The van der Waals surface area contributed by atoms with Crippen LogP contribution >= 0.6 is 0 Å². The highest BCUT2D eigenvalue weighted by molar-refractivity contribution is 6.07. The van der Waals surface area contributed by atoms with Gasteiger partial charge in [0.15, 0.2) is 0 Å². The van der Waals surface area contributed by atoms with E-state index in [0.717, 1.165) is 16.8 Å². The predicted octanol–water partition coefficient (Wildman–Crippen LogP) is 3.26. The maximum absolute atomic E-state index is 12.8. The average molecular weight is 284 g/mol. The Morgan fingerprint density at radius 3 is 2.48 bits per heavy atom. The second-order valence-corrected chi connectivity index (χ2v) is 5.09. The number of benzene rings is 2. The molecule has 0 radical (unpaired) electrons. The molecule has 2 rings (SSSR count). The zero-order chi connectivity index (χ0) is 15.6. The summed E-state index contributed by atoms with van der Waals surface area (Å²) in [6, 6.07) is 10.3. The lowest BCUT2D eigenvalue weighted by atomic mass is 10.1. The quantitative estimate of drug-likeness (QED) is 0.850. The van der Waals surface area contributed by atoms with E-state index in [1.165, 1.54) is 0 Å². The number of nitrogen functional groups attached to an aromatic ring is 1. The maximum atomic E-state index is 12.8. The molecule has 0 aliphatic heterocycles. The minimum Gasteiger partial charge on any atom is -0.508 e. The summed E-state index contributed by atoms with van der Waals surface area (Å²) >= 11 is 0. The van der Waals surface area contributed by atoms with Crippen molar-refractivity contribution in [2.75, 3.05) is 17.2 Å². The molecule has 0 unspecified atom stereocenters. The van der Waals surface area contributed by atoms with Gasteiger partial charge in [-0.05, 0) is 56.2 Å². The summed E-state index contributed by atoms with van der Waals surface area (Å²) in [7, 11) is 0. The Balaban J connectivity index is 2.45. The Morgan fingerprint density at radius 2 is 1.86 bits per heavy atom. The number of nitrogens with two attached hydrogens (primary N) is 1. The van der Waals surface area contributed by atoms with Gasteiger partial charge in [-0.1, -0.05) is 6.07 Å². The molecule has 110 valence electrons. The first-order valence-electron chi connectivity index (χ1n) is 6.91. The van der Waals surface area contributed by atoms with Gasteiger partial charge in [0, 0.05) is 23.9 Å². The van der Waals surface area contributed by atoms with E-state index in [4.69, 9.17) is 5.73 Å². The SMILES string of the molecule is CCN(C(=O)c1ccc(N)cc1C)c1cc(O)ccc1C. The number of aromatic hydroxyl groups is 1. The van der Waals surface area contributed by atoms with Crippen LogP contribution in [0, 0.1) is 13.8 Å². The average Bonchev–Trinajstić information content (AvgIpc) is 2.43. The lowest BCUT2D eigenvalue weighted by molar-refractivity contribution is 0.0987. The highest BCUT2D eigenvalue weighted by Crippen LogP contribution is 2.27. The van der Waals surface area contributed by atoms with Crippen LogP contribution in [0.1, 0.15) is 28.4 Å². The molecule has 3 N–H and O–H groups in total. The summed E-state index contributed by atoms with van der Waals surface area (Å²) in [5.74, 6) is 0.0552. The van der Waals surface area contributed by atoms with Crippen LogP contribution in [0.5, 0.6) is 5.75 Å². The first kappa shape index (κ1) is 14.9. The highest BCUT2D eigenvalue weighted by Gasteiger charge is 2.19. The molecule has 0 atom stereocenters. The van der Waals surface area contributed by atoms with Crippen molar-refractivity contribution >= 4 is 17.3 Å². The van der Waals surface area contributed by atoms with E-state index in [2.05, 4.69) is 0 Å². The van der Waals surface area contributed by atoms with Gasteiger partial charge in [-0.3, -0.25) is 4.79 Å². The smallest absolute Gasteiger partial charge is 0.258 e. The van der Waals surface area contributed by atoms with E-state index in [1.54, 1.807) is 41.3 Å². The molecule has 0 fully saturated rings. The standard InChI is InChI=1S/C17H20N2O2/c1-4-19(16-10-14(20)7-5-11(16)2)17(21)15-8-6-13(18)9-12(15)3/h5-10,20H,4,18H2,1-3H3. The summed E-state index contributed by atoms with van der Waals surface area (Å²) in [6.45, 7) is 6.22. The molecule has 21 heavy (non-hydrogen) atoms. The predicted molar refractivity (Wildman–Crippen MR) is 85.8 cm³/mol. The zero-order valence-corrected chi connectivity index (χ0v) is 12.6. The van der Waals surface area contributed by atoms with E-state index in [1.807, 2.05) is 20.8 Å². The third-order valence-corrected chi connectivity index (χ3v) is 3.53. The number of hydrogen-bond acceptors (Lipinski definition) is 3. The number of phenolic OH excluding ortho intramolecular Hbond substituents is 1. The van der Waals surface area contributed by atoms with Crippen molar-refractivity contribution in [2.24, 2.45) is 0 Å². The molecule has 0 saturated heterocycles. The minimum absolute atomic E-state index is 0.0938. The number of aryl methyl sites for hydroxylation is 2. The van der Waals surface area contributed by atoms with Gasteiger partial charge < -0.3 is 15.7 Å². The van der Waals surface area contributed by atoms with Crippen LogP contribution in [-0.4, -0.2) is 17.6 Å². The summed E-state index contributed by atoms with van der Waals surface area (Å²) < 4.78 is 0. The molecule has 0 bridgehead atoms. The van der Waals surface area contributed by atoms with Crippen molar-refractivity contribution < 1.29 is 9.90 Å². The third kappa shape index (κ3) is 2.99. The van der Waals surface area contributed by atoms with Gasteiger partial charge in [0.1, 0.15) is 5.75 Å². The summed E-state index contributed by atoms with van der Waals surface area (Å²) in [4.78, 5) is 14.4. The number of nitrogens with zero attached hydrogens (tertiary/aromatic N) is 1. The number of phenols is 1. The fraction of sp³-hybridized carbons (Fsp3) is 0.235. The molecule has 4 nitrogen and oxygen atoms in total. The minimum atomic E-state index is -0.0938. The van der Waals surface area contributed by atoms with Crippen LogP contribution in [0.2, 0.25) is 0 Å². The Bertz CT molecular complexity index is 680. The van der Waals surface area contributed by atoms with Crippen molar-refractivity contribution in [1.29, 1.82) is 0 Å². The van der Waals surface area contributed by atoms with Gasteiger partial charge in [-0.15, -0.1) is 0 Å². The number of carbonyl (C=O) groups is 1. The normalized spacial score (nSPS) is 10.4. The maximum Gasteiger partial charge on any atom is 0.258 e. The van der Waals surface area contributed by atoms with E-state index in [9.17, 15) is 9.90 Å². The van der Waals surface area contributed by atoms with Crippen LogP contribution in [0.25, 0.3) is 0 Å². The number of hydrogen-bond donors (Lipinski definition) is 2. The number of anilines is 2. The van der Waals surface area contributed by atoms with E-state index < -0.39 is 0 Å². The summed E-state index contributed by atoms with van der Waals surface area (Å²) in [6.07, 6.45) is 0. The van der Waals surface area contributed by atoms with Crippen LogP contribution in [0.3, 0.4) is 0 Å².